The second-order valence-electron chi connectivity index (χ2n) is 7.98. The van der Waals surface area contributed by atoms with Crippen molar-refractivity contribution in [2.45, 2.75) is 13.8 Å². The summed E-state index contributed by atoms with van der Waals surface area (Å²) in [4.78, 5) is 31.4. The van der Waals surface area contributed by atoms with Crippen LogP contribution in [-0.2, 0) is 9.59 Å². The van der Waals surface area contributed by atoms with Crippen LogP contribution in [0.5, 0.6) is 0 Å². The highest BCUT2D eigenvalue weighted by Crippen LogP contribution is 2.18. The van der Waals surface area contributed by atoms with Gasteiger partial charge in [-0.05, 0) is 43.2 Å². The van der Waals surface area contributed by atoms with E-state index in [0.29, 0.717) is 19.6 Å². The molecule has 0 aliphatic carbocycles. The Balaban J connectivity index is 1.47. The standard InChI is InChI=1S/C25H32N4O2/c1-4-13-29(22-10-6-5-7-11-22)25(31)19-28-16-14-27(15-17-28)18-24(30)26-23-12-8-9-20(2)21(23)3/h4-12H,1,13-19H2,2-3H3,(H,26,30). The minimum atomic E-state index is -0.000498. The molecular weight excluding hydrogens is 388 g/mol. The van der Waals surface area contributed by atoms with Crippen molar-refractivity contribution in [3.05, 3.63) is 72.3 Å². The van der Waals surface area contributed by atoms with Crippen molar-refractivity contribution in [2.24, 2.45) is 0 Å². The average Bonchev–Trinajstić information content (AvgIpc) is 2.77. The quantitative estimate of drug-likeness (QED) is 0.667. The van der Waals surface area contributed by atoms with Crippen LogP contribution in [0.1, 0.15) is 11.1 Å². The molecule has 2 amide bonds. The number of hydrogen-bond donors (Lipinski definition) is 1. The van der Waals surface area contributed by atoms with Gasteiger partial charge in [0.2, 0.25) is 11.8 Å². The van der Waals surface area contributed by atoms with Crippen LogP contribution in [0.4, 0.5) is 11.4 Å². The first-order valence-electron chi connectivity index (χ1n) is 10.7. The molecule has 1 fully saturated rings. The monoisotopic (exact) mass is 420 g/mol. The van der Waals surface area contributed by atoms with Crippen LogP contribution in [0.25, 0.3) is 0 Å². The molecule has 3 rings (SSSR count). The van der Waals surface area contributed by atoms with Crippen LogP contribution in [0.15, 0.2) is 61.2 Å². The number of nitrogens with zero attached hydrogens (tertiary/aromatic N) is 3. The summed E-state index contributed by atoms with van der Waals surface area (Å²) in [6, 6.07) is 15.6. The summed E-state index contributed by atoms with van der Waals surface area (Å²) in [5, 5.41) is 3.02. The van der Waals surface area contributed by atoms with E-state index in [2.05, 4.69) is 21.7 Å². The number of carbonyl (C=O) groups is 2. The molecule has 0 saturated carbocycles. The van der Waals surface area contributed by atoms with Crippen molar-refractivity contribution in [3.63, 3.8) is 0 Å². The molecule has 0 bridgehead atoms. The average molecular weight is 421 g/mol. The van der Waals surface area contributed by atoms with Gasteiger partial charge in [0.25, 0.3) is 0 Å². The van der Waals surface area contributed by atoms with Crippen molar-refractivity contribution < 1.29 is 9.59 Å². The van der Waals surface area contributed by atoms with Gasteiger partial charge in [0.05, 0.1) is 13.1 Å². The van der Waals surface area contributed by atoms with Crippen LogP contribution >= 0.6 is 0 Å². The number of carbonyl (C=O) groups excluding carboxylic acids is 2. The number of benzene rings is 2. The molecule has 6 nitrogen and oxygen atoms in total. The van der Waals surface area contributed by atoms with E-state index in [4.69, 9.17) is 0 Å². The predicted molar refractivity (Wildman–Crippen MR) is 126 cm³/mol. The maximum absolute atomic E-state index is 12.9. The highest BCUT2D eigenvalue weighted by atomic mass is 16.2. The van der Waals surface area contributed by atoms with Crippen LogP contribution in [0, 0.1) is 13.8 Å². The Morgan fingerprint density at radius 3 is 2.26 bits per heavy atom. The molecule has 1 saturated heterocycles. The minimum Gasteiger partial charge on any atom is -0.325 e. The van der Waals surface area contributed by atoms with Crippen LogP contribution < -0.4 is 10.2 Å². The molecule has 2 aromatic carbocycles. The van der Waals surface area contributed by atoms with Crippen molar-refractivity contribution in [1.82, 2.24) is 9.80 Å². The number of anilines is 2. The molecule has 0 atom stereocenters. The molecule has 1 heterocycles. The number of rotatable bonds is 8. The van der Waals surface area contributed by atoms with Crippen molar-refractivity contribution in [3.8, 4) is 0 Å². The maximum Gasteiger partial charge on any atom is 0.241 e. The Morgan fingerprint density at radius 1 is 0.968 bits per heavy atom. The molecule has 1 N–H and O–H groups in total. The van der Waals surface area contributed by atoms with Crippen molar-refractivity contribution in [2.75, 3.05) is 56.0 Å². The molecule has 0 radical (unpaired) electrons. The van der Waals surface area contributed by atoms with Crippen molar-refractivity contribution in [1.29, 1.82) is 0 Å². The molecule has 0 unspecified atom stereocenters. The predicted octanol–water partition coefficient (Wildman–Crippen LogP) is 3.08. The van der Waals surface area contributed by atoms with Gasteiger partial charge >= 0.3 is 0 Å². The normalized spacial score (nSPS) is 14.8. The molecule has 6 heteroatoms. The van der Waals surface area contributed by atoms with Gasteiger partial charge in [-0.2, -0.15) is 0 Å². The summed E-state index contributed by atoms with van der Waals surface area (Å²) in [5.74, 6) is 0.0617. The fraction of sp³-hybridized carbons (Fsp3) is 0.360. The summed E-state index contributed by atoms with van der Waals surface area (Å²) in [5.41, 5.74) is 4.02. The smallest absolute Gasteiger partial charge is 0.241 e. The van der Waals surface area contributed by atoms with Gasteiger partial charge in [0.1, 0.15) is 0 Å². The number of piperazine rings is 1. The van der Waals surface area contributed by atoms with Gasteiger partial charge in [-0.25, -0.2) is 0 Å². The fourth-order valence-electron chi connectivity index (χ4n) is 3.75. The Labute approximate surface area is 185 Å². The Kier molecular flexibility index (Phi) is 7.98. The molecule has 1 aliphatic heterocycles. The number of nitrogens with one attached hydrogen (secondary N) is 1. The number of amides is 2. The third-order valence-corrected chi connectivity index (χ3v) is 5.75. The van der Waals surface area contributed by atoms with Crippen LogP contribution in [-0.4, -0.2) is 67.4 Å². The van der Waals surface area contributed by atoms with E-state index in [-0.39, 0.29) is 11.8 Å². The van der Waals surface area contributed by atoms with Gasteiger partial charge in [0, 0.05) is 44.1 Å². The SMILES string of the molecule is C=CCN(C(=O)CN1CCN(CC(=O)Nc2cccc(C)c2C)CC1)c1ccccc1. The Bertz CT molecular complexity index is 905. The summed E-state index contributed by atoms with van der Waals surface area (Å²) in [6.07, 6.45) is 1.75. The van der Waals surface area contributed by atoms with Gasteiger partial charge in [-0.1, -0.05) is 36.4 Å². The summed E-state index contributed by atoms with van der Waals surface area (Å²) in [6.45, 7) is 12.1. The van der Waals surface area contributed by atoms with Crippen LogP contribution in [0.3, 0.4) is 0 Å². The molecule has 0 spiro atoms. The second-order valence-corrected chi connectivity index (χ2v) is 7.98. The van der Waals surface area contributed by atoms with Gasteiger partial charge in [-0.3, -0.25) is 19.4 Å². The first-order valence-corrected chi connectivity index (χ1v) is 10.7. The van der Waals surface area contributed by atoms with Gasteiger partial charge in [0.15, 0.2) is 0 Å². The second kappa shape index (κ2) is 10.9. The molecule has 2 aromatic rings. The zero-order chi connectivity index (χ0) is 22.2. The lowest BCUT2D eigenvalue weighted by Gasteiger charge is -2.35. The summed E-state index contributed by atoms with van der Waals surface area (Å²) in [7, 11) is 0. The van der Waals surface area contributed by atoms with E-state index in [1.54, 1.807) is 11.0 Å². The van der Waals surface area contributed by atoms with Gasteiger partial charge < -0.3 is 10.2 Å². The lowest BCUT2D eigenvalue weighted by molar-refractivity contribution is -0.121. The topological polar surface area (TPSA) is 55.9 Å². The first kappa shape index (κ1) is 22.7. The lowest BCUT2D eigenvalue weighted by Crippen LogP contribution is -2.51. The zero-order valence-corrected chi connectivity index (χ0v) is 18.5. The van der Waals surface area contributed by atoms with E-state index >= 15 is 0 Å². The molecule has 0 aromatic heterocycles. The van der Waals surface area contributed by atoms with Crippen LogP contribution in [0.2, 0.25) is 0 Å². The van der Waals surface area contributed by atoms with Gasteiger partial charge in [-0.15, -0.1) is 6.58 Å². The van der Waals surface area contributed by atoms with Crippen molar-refractivity contribution >= 4 is 23.2 Å². The number of hydrogen-bond acceptors (Lipinski definition) is 4. The molecule has 164 valence electrons. The third-order valence-electron chi connectivity index (χ3n) is 5.75. The molecule has 1 aliphatic rings. The highest BCUT2D eigenvalue weighted by molar-refractivity contribution is 5.95. The number of aryl methyl sites for hydroxylation is 1. The maximum atomic E-state index is 12.9. The third kappa shape index (κ3) is 6.26. The molecule has 31 heavy (non-hydrogen) atoms. The number of para-hydroxylation sites is 1. The fourth-order valence-corrected chi connectivity index (χ4v) is 3.75. The highest BCUT2D eigenvalue weighted by Gasteiger charge is 2.23. The first-order chi connectivity index (χ1) is 15.0. The summed E-state index contributed by atoms with van der Waals surface area (Å²) >= 11 is 0. The van der Waals surface area contributed by atoms with E-state index in [1.165, 1.54) is 0 Å². The van der Waals surface area contributed by atoms with E-state index in [0.717, 1.165) is 48.7 Å². The Hall–Kier alpha value is -2.96. The summed E-state index contributed by atoms with van der Waals surface area (Å²) < 4.78 is 0. The zero-order valence-electron chi connectivity index (χ0n) is 18.5. The molecular formula is C25H32N4O2. The largest absolute Gasteiger partial charge is 0.325 e. The van der Waals surface area contributed by atoms with E-state index in [1.807, 2.05) is 62.4 Å². The Morgan fingerprint density at radius 2 is 1.61 bits per heavy atom. The van der Waals surface area contributed by atoms with E-state index < -0.39 is 0 Å². The minimum absolute atomic E-state index is 0.000498. The lowest BCUT2D eigenvalue weighted by atomic mass is 10.1. The van der Waals surface area contributed by atoms with E-state index in [9.17, 15) is 9.59 Å².